The summed E-state index contributed by atoms with van der Waals surface area (Å²) in [6.07, 6.45) is 0.444. The van der Waals surface area contributed by atoms with Crippen molar-refractivity contribution in [3.8, 4) is 5.88 Å². The fraction of sp³-hybridized carbons (Fsp3) is 0.333. The third-order valence-corrected chi connectivity index (χ3v) is 2.04. The fourth-order valence-corrected chi connectivity index (χ4v) is 1.33. The van der Waals surface area contributed by atoms with E-state index in [0.29, 0.717) is 12.0 Å². The molecule has 0 saturated heterocycles. The molecule has 0 aliphatic rings. The van der Waals surface area contributed by atoms with E-state index >= 15 is 0 Å². The molecule has 1 aromatic heterocycles. The number of carbonyl (C=O) groups is 1. The highest BCUT2D eigenvalue weighted by atomic mass is 16.3. The van der Waals surface area contributed by atoms with Gasteiger partial charge in [-0.3, -0.25) is 14.2 Å². The van der Waals surface area contributed by atoms with Gasteiger partial charge < -0.3 is 16.2 Å². The molecular formula is C9H13N3O3. The third kappa shape index (κ3) is 2.16. The van der Waals surface area contributed by atoms with E-state index in [2.05, 4.69) is 5.32 Å². The lowest BCUT2D eigenvalue weighted by Crippen LogP contribution is -2.24. The summed E-state index contributed by atoms with van der Waals surface area (Å²) in [4.78, 5) is 21.7. The van der Waals surface area contributed by atoms with Crippen molar-refractivity contribution in [2.24, 2.45) is 5.73 Å². The van der Waals surface area contributed by atoms with Crippen LogP contribution in [0.5, 0.6) is 5.88 Å². The molecule has 15 heavy (non-hydrogen) atoms. The summed E-state index contributed by atoms with van der Waals surface area (Å²) in [5.41, 5.74) is 5.71. The number of aromatic hydroxyl groups is 1. The molecule has 82 valence electrons. The molecule has 0 atom stereocenters. The van der Waals surface area contributed by atoms with Crippen LogP contribution >= 0.6 is 0 Å². The number of nitrogens with one attached hydrogen (secondary N) is 1. The second-order valence-electron chi connectivity index (χ2n) is 3.07. The lowest BCUT2D eigenvalue weighted by molar-refractivity contribution is -0.105. The molecular weight excluding hydrogens is 198 g/mol. The summed E-state index contributed by atoms with van der Waals surface area (Å²) in [5, 5.41) is 12.0. The van der Waals surface area contributed by atoms with Crippen molar-refractivity contribution in [1.82, 2.24) is 4.57 Å². The van der Waals surface area contributed by atoms with Gasteiger partial charge in [0.05, 0.1) is 0 Å². The lowest BCUT2D eigenvalue weighted by Gasteiger charge is -2.12. The van der Waals surface area contributed by atoms with Gasteiger partial charge in [-0.15, -0.1) is 0 Å². The molecule has 0 aromatic carbocycles. The van der Waals surface area contributed by atoms with Gasteiger partial charge in [0.25, 0.3) is 5.56 Å². The predicted octanol–water partition coefficient (Wildman–Crippen LogP) is -0.611. The van der Waals surface area contributed by atoms with Gasteiger partial charge in [0.1, 0.15) is 5.69 Å². The number of hydrogen-bond acceptors (Lipinski definition) is 4. The first-order valence-electron chi connectivity index (χ1n) is 4.45. The van der Waals surface area contributed by atoms with Crippen molar-refractivity contribution in [2.45, 2.75) is 13.5 Å². The monoisotopic (exact) mass is 211 g/mol. The molecule has 1 rings (SSSR count). The van der Waals surface area contributed by atoms with Gasteiger partial charge in [0, 0.05) is 19.2 Å². The zero-order valence-corrected chi connectivity index (χ0v) is 8.36. The number of pyridine rings is 1. The summed E-state index contributed by atoms with van der Waals surface area (Å²) < 4.78 is 1.11. The number of carbonyl (C=O) groups excluding carboxylic acids is 1. The molecule has 0 aliphatic carbocycles. The Bertz CT molecular complexity index is 425. The first kappa shape index (κ1) is 11.3. The van der Waals surface area contributed by atoms with Gasteiger partial charge >= 0.3 is 0 Å². The number of aromatic nitrogens is 1. The summed E-state index contributed by atoms with van der Waals surface area (Å²) in [7, 11) is 0. The highest BCUT2D eigenvalue weighted by molar-refractivity contribution is 5.76. The standard InChI is InChI=1S/C9H13N3O3/c1-6-4-7(14)12(3-2-10)9(15)8(6)11-5-13/h4-5,15H,2-3,10H2,1H3,(H,11,13). The Labute approximate surface area is 86.3 Å². The topological polar surface area (TPSA) is 97.3 Å². The zero-order chi connectivity index (χ0) is 11.4. The molecule has 0 spiro atoms. The van der Waals surface area contributed by atoms with Crippen LogP contribution in [0.2, 0.25) is 0 Å². The average molecular weight is 211 g/mol. The SMILES string of the molecule is Cc1cc(=O)n(CCN)c(O)c1NC=O. The maximum absolute atomic E-state index is 11.4. The number of anilines is 1. The van der Waals surface area contributed by atoms with E-state index in [1.165, 1.54) is 6.07 Å². The van der Waals surface area contributed by atoms with Gasteiger partial charge in [-0.1, -0.05) is 0 Å². The highest BCUT2D eigenvalue weighted by Crippen LogP contribution is 2.23. The number of nitrogens with two attached hydrogens (primary N) is 1. The van der Waals surface area contributed by atoms with Crippen LogP contribution in [0.25, 0.3) is 0 Å². The summed E-state index contributed by atoms with van der Waals surface area (Å²) >= 11 is 0. The van der Waals surface area contributed by atoms with E-state index in [0.717, 1.165) is 4.57 Å². The molecule has 1 aromatic rings. The van der Waals surface area contributed by atoms with Crippen LogP contribution in [-0.4, -0.2) is 22.6 Å². The number of rotatable bonds is 4. The second-order valence-corrected chi connectivity index (χ2v) is 3.07. The lowest BCUT2D eigenvalue weighted by atomic mass is 10.2. The van der Waals surface area contributed by atoms with Crippen molar-refractivity contribution in [2.75, 3.05) is 11.9 Å². The minimum absolute atomic E-state index is 0.207. The highest BCUT2D eigenvalue weighted by Gasteiger charge is 2.11. The number of hydrogen-bond donors (Lipinski definition) is 3. The Kier molecular flexibility index (Phi) is 3.46. The molecule has 4 N–H and O–H groups in total. The Morgan fingerprint density at radius 3 is 2.87 bits per heavy atom. The smallest absolute Gasteiger partial charge is 0.253 e. The van der Waals surface area contributed by atoms with Crippen molar-refractivity contribution in [1.29, 1.82) is 0 Å². The van der Waals surface area contributed by atoms with Gasteiger partial charge in [-0.25, -0.2) is 0 Å². The number of aryl methyl sites for hydroxylation is 1. The predicted molar refractivity (Wildman–Crippen MR) is 55.8 cm³/mol. The van der Waals surface area contributed by atoms with Crippen LogP contribution in [0.3, 0.4) is 0 Å². The largest absolute Gasteiger partial charge is 0.493 e. The maximum Gasteiger partial charge on any atom is 0.253 e. The fourth-order valence-electron chi connectivity index (χ4n) is 1.33. The second kappa shape index (κ2) is 4.61. The van der Waals surface area contributed by atoms with E-state index in [1.54, 1.807) is 6.92 Å². The maximum atomic E-state index is 11.4. The summed E-state index contributed by atoms with van der Waals surface area (Å²) in [6.45, 7) is 2.06. The molecule has 0 aliphatic heterocycles. The Morgan fingerprint density at radius 2 is 2.33 bits per heavy atom. The molecule has 0 saturated carbocycles. The normalized spacial score (nSPS) is 10.0. The molecule has 0 radical (unpaired) electrons. The molecule has 6 nitrogen and oxygen atoms in total. The van der Waals surface area contributed by atoms with Crippen LogP contribution in [0.15, 0.2) is 10.9 Å². The van der Waals surface area contributed by atoms with Crippen LogP contribution in [0, 0.1) is 6.92 Å². The molecule has 6 heteroatoms. The molecule has 0 bridgehead atoms. The van der Waals surface area contributed by atoms with Crippen molar-refractivity contribution in [3.05, 3.63) is 22.0 Å². The molecule has 1 amide bonds. The first-order chi connectivity index (χ1) is 7.11. The minimum atomic E-state index is -0.341. The van der Waals surface area contributed by atoms with Crippen molar-refractivity contribution in [3.63, 3.8) is 0 Å². The number of amides is 1. The van der Waals surface area contributed by atoms with E-state index in [9.17, 15) is 14.7 Å². The minimum Gasteiger partial charge on any atom is -0.493 e. The zero-order valence-electron chi connectivity index (χ0n) is 8.36. The van der Waals surface area contributed by atoms with E-state index in [-0.39, 0.29) is 30.2 Å². The molecule has 0 unspecified atom stereocenters. The average Bonchev–Trinajstić information content (AvgIpc) is 2.19. The first-order valence-corrected chi connectivity index (χ1v) is 4.45. The van der Waals surface area contributed by atoms with Crippen molar-refractivity contribution >= 4 is 12.1 Å². The van der Waals surface area contributed by atoms with E-state index in [1.807, 2.05) is 0 Å². The Balaban J connectivity index is 3.34. The van der Waals surface area contributed by atoms with Crippen LogP contribution < -0.4 is 16.6 Å². The number of nitrogens with zero attached hydrogens (tertiary/aromatic N) is 1. The van der Waals surface area contributed by atoms with Crippen LogP contribution in [-0.2, 0) is 11.3 Å². The van der Waals surface area contributed by atoms with E-state index < -0.39 is 0 Å². The van der Waals surface area contributed by atoms with Gasteiger partial charge in [0.15, 0.2) is 0 Å². The Hall–Kier alpha value is -1.82. The third-order valence-electron chi connectivity index (χ3n) is 2.04. The van der Waals surface area contributed by atoms with Crippen LogP contribution in [0.1, 0.15) is 5.56 Å². The van der Waals surface area contributed by atoms with Gasteiger partial charge in [0.2, 0.25) is 12.3 Å². The van der Waals surface area contributed by atoms with E-state index in [4.69, 9.17) is 5.73 Å². The summed E-state index contributed by atoms with van der Waals surface area (Å²) in [6, 6.07) is 1.33. The Morgan fingerprint density at radius 1 is 1.67 bits per heavy atom. The van der Waals surface area contributed by atoms with Crippen LogP contribution in [0.4, 0.5) is 5.69 Å². The molecule has 0 fully saturated rings. The quantitative estimate of drug-likeness (QED) is 0.579. The van der Waals surface area contributed by atoms with Gasteiger partial charge in [-0.2, -0.15) is 0 Å². The van der Waals surface area contributed by atoms with Gasteiger partial charge in [-0.05, 0) is 12.5 Å². The summed E-state index contributed by atoms with van der Waals surface area (Å²) in [5.74, 6) is -0.266. The molecule has 1 heterocycles. The van der Waals surface area contributed by atoms with Crippen molar-refractivity contribution < 1.29 is 9.90 Å².